The molecule has 0 atom stereocenters. The van der Waals surface area contributed by atoms with Crippen LogP contribution in [0.2, 0.25) is 0 Å². The molecule has 2 N–H and O–H groups in total. The average Bonchev–Trinajstić information content (AvgIpc) is 2.61. The standard InChI is InChI=1S/C13H14N2S/c1-2-6-11-12(15-13(16)14-11)9-10-7-4-3-5-8-10/h2-5,7-8H,1,6,9H2,(H2,14,15,16). The molecule has 0 bridgehead atoms. The molecule has 2 aromatic rings. The van der Waals surface area contributed by atoms with E-state index in [2.05, 4.69) is 28.7 Å². The number of H-pyrrole nitrogens is 2. The lowest BCUT2D eigenvalue weighted by atomic mass is 10.1. The summed E-state index contributed by atoms with van der Waals surface area (Å²) in [6, 6.07) is 10.3. The third-order valence-electron chi connectivity index (χ3n) is 2.47. The highest BCUT2D eigenvalue weighted by atomic mass is 32.1. The predicted octanol–water partition coefficient (Wildman–Crippen LogP) is 3.39. The maximum Gasteiger partial charge on any atom is 0.174 e. The zero-order chi connectivity index (χ0) is 11.4. The lowest BCUT2D eigenvalue weighted by Gasteiger charge is -2.01. The number of benzene rings is 1. The van der Waals surface area contributed by atoms with E-state index in [1.807, 2.05) is 24.3 Å². The molecule has 0 saturated heterocycles. The molecule has 16 heavy (non-hydrogen) atoms. The highest BCUT2D eigenvalue weighted by Crippen LogP contribution is 2.12. The zero-order valence-corrected chi connectivity index (χ0v) is 9.81. The number of aromatic nitrogens is 2. The zero-order valence-electron chi connectivity index (χ0n) is 8.99. The van der Waals surface area contributed by atoms with Crippen molar-refractivity contribution in [2.75, 3.05) is 0 Å². The smallest absolute Gasteiger partial charge is 0.174 e. The fraction of sp³-hybridized carbons (Fsp3) is 0.154. The third kappa shape index (κ3) is 2.49. The van der Waals surface area contributed by atoms with Crippen LogP contribution in [0, 0.1) is 4.77 Å². The van der Waals surface area contributed by atoms with E-state index in [0.29, 0.717) is 4.77 Å². The molecule has 0 spiro atoms. The molecule has 0 fully saturated rings. The Balaban J connectivity index is 2.27. The molecule has 0 radical (unpaired) electrons. The van der Waals surface area contributed by atoms with Crippen LogP contribution in [-0.4, -0.2) is 9.97 Å². The first-order valence-corrected chi connectivity index (χ1v) is 5.65. The maximum absolute atomic E-state index is 5.11. The van der Waals surface area contributed by atoms with Gasteiger partial charge in [-0.25, -0.2) is 0 Å². The second-order valence-electron chi connectivity index (χ2n) is 3.69. The van der Waals surface area contributed by atoms with Crippen molar-refractivity contribution in [3.05, 3.63) is 64.7 Å². The summed E-state index contributed by atoms with van der Waals surface area (Å²) in [5, 5.41) is 0. The van der Waals surface area contributed by atoms with Crippen molar-refractivity contribution in [3.8, 4) is 0 Å². The highest BCUT2D eigenvalue weighted by molar-refractivity contribution is 7.71. The Kier molecular flexibility index (Phi) is 3.37. The molecule has 0 aliphatic carbocycles. The summed E-state index contributed by atoms with van der Waals surface area (Å²) in [5.41, 5.74) is 3.55. The van der Waals surface area contributed by atoms with E-state index < -0.39 is 0 Å². The molecular weight excluding hydrogens is 216 g/mol. The van der Waals surface area contributed by atoms with Gasteiger partial charge in [0.05, 0.1) is 0 Å². The van der Waals surface area contributed by atoms with Crippen LogP contribution in [0.15, 0.2) is 43.0 Å². The van der Waals surface area contributed by atoms with Gasteiger partial charge in [0.1, 0.15) is 0 Å². The van der Waals surface area contributed by atoms with E-state index in [1.165, 1.54) is 5.56 Å². The first kappa shape index (κ1) is 10.9. The quantitative estimate of drug-likeness (QED) is 0.612. The first-order chi connectivity index (χ1) is 7.79. The molecule has 0 unspecified atom stereocenters. The molecule has 2 rings (SSSR count). The topological polar surface area (TPSA) is 31.6 Å². The van der Waals surface area contributed by atoms with Crippen LogP contribution in [0.3, 0.4) is 0 Å². The Morgan fingerprint density at radius 3 is 2.50 bits per heavy atom. The van der Waals surface area contributed by atoms with Crippen LogP contribution in [0.1, 0.15) is 17.0 Å². The predicted molar refractivity (Wildman–Crippen MR) is 69.1 cm³/mol. The van der Waals surface area contributed by atoms with Crippen molar-refractivity contribution in [1.82, 2.24) is 9.97 Å². The van der Waals surface area contributed by atoms with E-state index in [1.54, 1.807) is 0 Å². The monoisotopic (exact) mass is 230 g/mol. The fourth-order valence-corrected chi connectivity index (χ4v) is 1.97. The van der Waals surface area contributed by atoms with Crippen LogP contribution in [0.25, 0.3) is 0 Å². The van der Waals surface area contributed by atoms with Gasteiger partial charge in [0.2, 0.25) is 0 Å². The van der Waals surface area contributed by atoms with Crippen molar-refractivity contribution in [1.29, 1.82) is 0 Å². The average molecular weight is 230 g/mol. The number of rotatable bonds is 4. The Bertz CT molecular complexity index is 522. The Morgan fingerprint density at radius 1 is 1.12 bits per heavy atom. The van der Waals surface area contributed by atoms with Gasteiger partial charge in [-0.2, -0.15) is 0 Å². The third-order valence-corrected chi connectivity index (χ3v) is 2.67. The molecule has 82 valence electrons. The maximum atomic E-state index is 5.11. The molecular formula is C13H14N2S. The van der Waals surface area contributed by atoms with Crippen LogP contribution in [-0.2, 0) is 12.8 Å². The SMILES string of the molecule is C=CCc1[nH]c(=S)[nH]c1Cc1ccccc1. The first-order valence-electron chi connectivity index (χ1n) is 5.24. The molecule has 1 aromatic carbocycles. The summed E-state index contributed by atoms with van der Waals surface area (Å²) >= 11 is 5.11. The molecule has 3 heteroatoms. The molecule has 2 nitrogen and oxygen atoms in total. The second-order valence-corrected chi connectivity index (χ2v) is 4.10. The lowest BCUT2D eigenvalue weighted by Crippen LogP contribution is -1.93. The molecule has 0 saturated carbocycles. The van der Waals surface area contributed by atoms with Gasteiger partial charge in [0, 0.05) is 24.2 Å². The van der Waals surface area contributed by atoms with Gasteiger partial charge in [0.15, 0.2) is 4.77 Å². The molecule has 0 aliphatic heterocycles. The lowest BCUT2D eigenvalue weighted by molar-refractivity contribution is 1.05. The number of hydrogen-bond donors (Lipinski definition) is 2. The normalized spacial score (nSPS) is 10.2. The number of imidazole rings is 1. The van der Waals surface area contributed by atoms with Crippen LogP contribution < -0.4 is 0 Å². The van der Waals surface area contributed by atoms with Gasteiger partial charge >= 0.3 is 0 Å². The number of nitrogens with one attached hydrogen (secondary N) is 2. The fourth-order valence-electron chi connectivity index (χ4n) is 1.73. The van der Waals surface area contributed by atoms with E-state index in [-0.39, 0.29) is 0 Å². The van der Waals surface area contributed by atoms with Crippen molar-refractivity contribution in [2.24, 2.45) is 0 Å². The minimum Gasteiger partial charge on any atom is -0.334 e. The van der Waals surface area contributed by atoms with E-state index in [4.69, 9.17) is 12.2 Å². The largest absolute Gasteiger partial charge is 0.334 e. The van der Waals surface area contributed by atoms with Crippen molar-refractivity contribution in [2.45, 2.75) is 12.8 Å². The van der Waals surface area contributed by atoms with Gasteiger partial charge in [-0.05, 0) is 17.8 Å². The highest BCUT2D eigenvalue weighted by Gasteiger charge is 2.04. The summed E-state index contributed by atoms with van der Waals surface area (Å²) in [5.74, 6) is 0. The van der Waals surface area contributed by atoms with Crippen LogP contribution in [0.4, 0.5) is 0 Å². The minimum absolute atomic E-state index is 0.683. The summed E-state index contributed by atoms with van der Waals surface area (Å²) in [6.07, 6.45) is 3.56. The second kappa shape index (κ2) is 4.94. The van der Waals surface area contributed by atoms with Crippen molar-refractivity contribution in [3.63, 3.8) is 0 Å². The van der Waals surface area contributed by atoms with Gasteiger partial charge in [-0.3, -0.25) is 0 Å². The van der Waals surface area contributed by atoms with E-state index >= 15 is 0 Å². The summed E-state index contributed by atoms with van der Waals surface area (Å²) in [4.78, 5) is 6.34. The van der Waals surface area contributed by atoms with Crippen molar-refractivity contribution >= 4 is 12.2 Å². The summed E-state index contributed by atoms with van der Waals surface area (Å²) < 4.78 is 0.683. The van der Waals surface area contributed by atoms with Crippen LogP contribution >= 0.6 is 12.2 Å². The number of allylic oxidation sites excluding steroid dienone is 1. The van der Waals surface area contributed by atoms with E-state index in [0.717, 1.165) is 24.2 Å². The molecule has 0 amide bonds. The molecule has 0 aliphatic rings. The van der Waals surface area contributed by atoms with Gasteiger partial charge < -0.3 is 9.97 Å². The van der Waals surface area contributed by atoms with Crippen molar-refractivity contribution < 1.29 is 0 Å². The van der Waals surface area contributed by atoms with Crippen LogP contribution in [0.5, 0.6) is 0 Å². The Hall–Kier alpha value is -1.61. The molecule has 1 heterocycles. The summed E-state index contributed by atoms with van der Waals surface area (Å²) in [6.45, 7) is 3.75. The summed E-state index contributed by atoms with van der Waals surface area (Å²) in [7, 11) is 0. The minimum atomic E-state index is 0.683. The Morgan fingerprint density at radius 2 is 1.81 bits per heavy atom. The van der Waals surface area contributed by atoms with Gasteiger partial charge in [-0.15, -0.1) is 6.58 Å². The van der Waals surface area contributed by atoms with Gasteiger partial charge in [0.25, 0.3) is 0 Å². The molecule has 1 aromatic heterocycles. The number of aromatic amines is 2. The van der Waals surface area contributed by atoms with E-state index in [9.17, 15) is 0 Å². The Labute approximate surface area is 100 Å². The number of hydrogen-bond acceptors (Lipinski definition) is 1. The van der Waals surface area contributed by atoms with Gasteiger partial charge in [-0.1, -0.05) is 36.4 Å².